The molecule has 1 aliphatic carbocycles. The number of rotatable bonds is 2. The average molecular weight is 397 g/mol. The predicted molar refractivity (Wildman–Crippen MR) is 113 cm³/mol. The van der Waals surface area contributed by atoms with Crippen molar-refractivity contribution in [3.8, 4) is 11.3 Å². The molecule has 1 spiro atoms. The number of carbonyl (C=O) groups is 1. The van der Waals surface area contributed by atoms with Crippen LogP contribution in [0.5, 0.6) is 0 Å². The van der Waals surface area contributed by atoms with E-state index >= 15 is 0 Å². The monoisotopic (exact) mass is 397 g/mol. The van der Waals surface area contributed by atoms with Gasteiger partial charge in [-0.25, -0.2) is 0 Å². The molecule has 1 aliphatic heterocycles. The number of carbonyl (C=O) groups excluding carboxylic acids is 1. The number of likely N-dealkylation sites (N-methyl/N-ethyl adjacent to an activating group) is 1. The fraction of sp³-hybridized carbons (Fsp3) is 0.217. The Kier molecular flexibility index (Phi) is 3.23. The number of H-pyrrole nitrogens is 1. The Balaban J connectivity index is 1.55. The second-order valence-electron chi connectivity index (χ2n) is 8.21. The third-order valence-electron chi connectivity index (χ3n) is 6.66. The van der Waals surface area contributed by atoms with Crippen LogP contribution in [0.4, 0.5) is 5.69 Å². The van der Waals surface area contributed by atoms with Gasteiger partial charge < -0.3 is 14.5 Å². The number of aryl methyl sites for hydroxylation is 1. The van der Waals surface area contributed by atoms with E-state index in [0.717, 1.165) is 39.9 Å². The molecule has 0 bridgehead atoms. The molecule has 1 amide bonds. The van der Waals surface area contributed by atoms with Gasteiger partial charge in [-0.2, -0.15) is 10.2 Å². The molecule has 0 saturated heterocycles. The van der Waals surface area contributed by atoms with E-state index < -0.39 is 5.41 Å². The molecule has 3 aromatic heterocycles. The average Bonchev–Trinajstić information content (AvgIpc) is 3.30. The number of aromatic amines is 1. The first-order valence-corrected chi connectivity index (χ1v) is 9.89. The van der Waals surface area contributed by atoms with Crippen LogP contribution in [-0.2, 0) is 17.3 Å². The van der Waals surface area contributed by atoms with Crippen molar-refractivity contribution in [2.45, 2.75) is 17.8 Å². The van der Waals surface area contributed by atoms with E-state index in [9.17, 15) is 9.59 Å². The van der Waals surface area contributed by atoms with Crippen LogP contribution in [0.25, 0.3) is 22.2 Å². The number of fused-ring (bicyclic) bond motifs is 3. The first kappa shape index (κ1) is 17.1. The number of pyridine rings is 1. The van der Waals surface area contributed by atoms with Crippen molar-refractivity contribution in [2.75, 3.05) is 11.9 Å². The fourth-order valence-electron chi connectivity index (χ4n) is 5.09. The lowest BCUT2D eigenvalue weighted by atomic mass is 9.91. The molecule has 0 radical (unpaired) electrons. The van der Waals surface area contributed by atoms with Crippen molar-refractivity contribution in [2.24, 2.45) is 7.05 Å². The molecule has 7 heteroatoms. The Morgan fingerprint density at radius 3 is 2.77 bits per heavy atom. The van der Waals surface area contributed by atoms with Gasteiger partial charge in [0, 0.05) is 48.5 Å². The molecule has 4 heterocycles. The molecule has 4 aromatic rings. The third kappa shape index (κ3) is 2.04. The summed E-state index contributed by atoms with van der Waals surface area (Å²) in [5, 5.41) is 8.63. The topological polar surface area (TPSA) is 83.9 Å². The molecule has 30 heavy (non-hydrogen) atoms. The number of aromatic nitrogens is 4. The molecule has 0 unspecified atom stereocenters. The van der Waals surface area contributed by atoms with Crippen molar-refractivity contribution in [3.63, 3.8) is 0 Å². The van der Waals surface area contributed by atoms with E-state index in [1.165, 1.54) is 0 Å². The van der Waals surface area contributed by atoms with Gasteiger partial charge in [-0.15, -0.1) is 0 Å². The van der Waals surface area contributed by atoms with Crippen LogP contribution in [0.2, 0.25) is 0 Å². The van der Waals surface area contributed by atoms with Crippen LogP contribution in [0.1, 0.15) is 23.5 Å². The minimum absolute atomic E-state index is 0.0321. The number of para-hydroxylation sites is 1. The van der Waals surface area contributed by atoms with Crippen LogP contribution >= 0.6 is 0 Å². The van der Waals surface area contributed by atoms with Crippen LogP contribution in [-0.4, -0.2) is 32.7 Å². The molecule has 1 saturated carbocycles. The predicted octanol–water partition coefficient (Wildman–Crippen LogP) is 2.73. The first-order valence-electron chi connectivity index (χ1n) is 9.89. The standard InChI is InChI=1S/C23H19N5O2/c1-27-12-15(14-9-18(26-20(14)21(27)29)13-7-8-24-25-11-13)17-10-23(17)16-5-3-4-6-19(16)28(2)22(23)30/h3-9,11-12,17,26H,10H2,1-2H3/t17-,23-/m0/s1. The van der Waals surface area contributed by atoms with Crippen LogP contribution < -0.4 is 10.5 Å². The molecule has 2 atom stereocenters. The number of amides is 1. The van der Waals surface area contributed by atoms with Gasteiger partial charge in [-0.3, -0.25) is 9.59 Å². The van der Waals surface area contributed by atoms with E-state index in [1.54, 1.807) is 28.9 Å². The summed E-state index contributed by atoms with van der Waals surface area (Å²) in [5.74, 6) is 0.161. The van der Waals surface area contributed by atoms with Crippen LogP contribution in [0.3, 0.4) is 0 Å². The van der Waals surface area contributed by atoms with Gasteiger partial charge in [0.1, 0.15) is 5.52 Å². The minimum Gasteiger partial charge on any atom is -0.350 e. The van der Waals surface area contributed by atoms with Gasteiger partial charge in [0.05, 0.1) is 17.8 Å². The zero-order valence-corrected chi connectivity index (χ0v) is 16.6. The Hall–Kier alpha value is -3.74. The maximum absolute atomic E-state index is 13.3. The zero-order chi connectivity index (χ0) is 20.6. The van der Waals surface area contributed by atoms with Crippen molar-refractivity contribution in [1.82, 2.24) is 19.7 Å². The van der Waals surface area contributed by atoms with Gasteiger partial charge in [0.2, 0.25) is 5.91 Å². The SMILES string of the molecule is CN1C(=O)[C@@]2(C[C@H]2c2cn(C)c(=O)c3[nH]c(-c4ccnnc4)cc23)c2ccccc21. The number of benzene rings is 1. The highest BCUT2D eigenvalue weighted by Crippen LogP contribution is 2.66. The van der Waals surface area contributed by atoms with Crippen molar-refractivity contribution >= 4 is 22.5 Å². The first-order chi connectivity index (χ1) is 14.5. The molecule has 7 nitrogen and oxygen atoms in total. The highest BCUT2D eigenvalue weighted by atomic mass is 16.2. The molecule has 148 valence electrons. The van der Waals surface area contributed by atoms with E-state index in [-0.39, 0.29) is 17.4 Å². The Bertz CT molecular complexity index is 1400. The zero-order valence-electron chi connectivity index (χ0n) is 16.6. The lowest BCUT2D eigenvalue weighted by Gasteiger charge is -2.12. The molecule has 1 fully saturated rings. The van der Waals surface area contributed by atoms with Crippen LogP contribution in [0, 0.1) is 0 Å². The van der Waals surface area contributed by atoms with Crippen molar-refractivity contribution in [1.29, 1.82) is 0 Å². The highest BCUT2D eigenvalue weighted by molar-refractivity contribution is 6.11. The van der Waals surface area contributed by atoms with E-state index in [4.69, 9.17) is 0 Å². The van der Waals surface area contributed by atoms with Gasteiger partial charge in [0.25, 0.3) is 5.56 Å². The van der Waals surface area contributed by atoms with Gasteiger partial charge >= 0.3 is 0 Å². The normalized spacial score (nSPS) is 22.1. The largest absolute Gasteiger partial charge is 0.350 e. The Morgan fingerprint density at radius 2 is 1.97 bits per heavy atom. The second-order valence-corrected chi connectivity index (χ2v) is 8.21. The number of nitrogens with zero attached hydrogens (tertiary/aromatic N) is 4. The molecular weight excluding hydrogens is 378 g/mol. The van der Waals surface area contributed by atoms with Crippen molar-refractivity contribution < 1.29 is 4.79 Å². The summed E-state index contributed by atoms with van der Waals surface area (Å²) in [6.07, 6.45) is 5.93. The maximum atomic E-state index is 13.3. The molecule has 1 N–H and O–H groups in total. The minimum atomic E-state index is -0.536. The second kappa shape index (κ2) is 5.66. The summed E-state index contributed by atoms with van der Waals surface area (Å²) in [7, 11) is 3.60. The number of anilines is 1. The molecule has 2 aliphatic rings. The van der Waals surface area contributed by atoms with Crippen LogP contribution in [0.15, 0.2) is 59.8 Å². The summed E-state index contributed by atoms with van der Waals surface area (Å²) >= 11 is 0. The van der Waals surface area contributed by atoms with E-state index in [2.05, 4.69) is 21.2 Å². The molecular formula is C23H19N5O2. The number of nitrogens with one attached hydrogen (secondary N) is 1. The van der Waals surface area contributed by atoms with E-state index in [0.29, 0.717) is 5.52 Å². The van der Waals surface area contributed by atoms with Gasteiger partial charge in [-0.05, 0) is 35.7 Å². The Labute approximate surface area is 172 Å². The fourth-order valence-corrected chi connectivity index (χ4v) is 5.09. The van der Waals surface area contributed by atoms with Crippen molar-refractivity contribution in [3.05, 3.63) is 76.5 Å². The summed E-state index contributed by atoms with van der Waals surface area (Å²) < 4.78 is 1.60. The lowest BCUT2D eigenvalue weighted by molar-refractivity contribution is -0.120. The Morgan fingerprint density at radius 1 is 1.13 bits per heavy atom. The van der Waals surface area contributed by atoms with Gasteiger partial charge in [-0.1, -0.05) is 18.2 Å². The third-order valence-corrected chi connectivity index (χ3v) is 6.66. The summed E-state index contributed by atoms with van der Waals surface area (Å²) in [6.45, 7) is 0. The van der Waals surface area contributed by atoms with Gasteiger partial charge in [0.15, 0.2) is 0 Å². The molecule has 1 aromatic carbocycles. The number of hydrogen-bond donors (Lipinski definition) is 1. The summed E-state index contributed by atoms with van der Waals surface area (Å²) in [4.78, 5) is 31.1. The van der Waals surface area contributed by atoms with E-state index in [1.807, 2.05) is 43.6 Å². The lowest BCUT2D eigenvalue weighted by Crippen LogP contribution is -2.29. The summed E-state index contributed by atoms with van der Waals surface area (Å²) in [5.41, 5.74) is 4.68. The number of hydrogen-bond acceptors (Lipinski definition) is 4. The summed E-state index contributed by atoms with van der Waals surface area (Å²) in [6, 6.07) is 11.9. The highest BCUT2D eigenvalue weighted by Gasteiger charge is 2.67. The molecule has 6 rings (SSSR count). The quantitative estimate of drug-likeness (QED) is 0.564. The maximum Gasteiger partial charge on any atom is 0.274 e. The smallest absolute Gasteiger partial charge is 0.274 e.